The second kappa shape index (κ2) is 13.9. The second-order valence-electron chi connectivity index (χ2n) is 6.86. The van der Waals surface area contributed by atoms with Crippen molar-refractivity contribution < 1.29 is 27.2 Å². The quantitative estimate of drug-likeness (QED) is 0.168. The van der Waals surface area contributed by atoms with Gasteiger partial charge in [0.1, 0.15) is 5.75 Å². The van der Waals surface area contributed by atoms with Gasteiger partial charge in [0.25, 0.3) is 0 Å². The molecule has 0 aliphatic rings. The number of carbonyl (C=O) groups is 1. The highest BCUT2D eigenvalue weighted by molar-refractivity contribution is 6.53. The zero-order valence-electron chi connectivity index (χ0n) is 18.5. The molecule has 2 rings (SSSR count). The summed E-state index contributed by atoms with van der Waals surface area (Å²) in [5.74, 6) is 0.817. The molecule has 0 atom stereocenters. The predicted octanol–water partition coefficient (Wildman–Crippen LogP) is 4.91. The van der Waals surface area contributed by atoms with Crippen molar-refractivity contribution in [3.63, 3.8) is 0 Å². The van der Waals surface area contributed by atoms with Crippen LogP contribution in [0.4, 0.5) is 0 Å². The maximum atomic E-state index is 12.1. The molecule has 0 heterocycles. The van der Waals surface area contributed by atoms with Crippen LogP contribution in [0.25, 0.3) is 6.08 Å². The molecule has 6 nitrogen and oxygen atoms in total. The minimum absolute atomic E-state index is 0.00831. The molecule has 0 fully saturated rings. The van der Waals surface area contributed by atoms with Crippen LogP contribution < -0.4 is 4.74 Å². The summed E-state index contributed by atoms with van der Waals surface area (Å²) < 4.78 is 27.1. The lowest BCUT2D eigenvalue weighted by Gasteiger charge is -2.22. The Kier molecular flexibility index (Phi) is 11.2. The largest absolute Gasteiger partial charge is 0.678 e. The van der Waals surface area contributed by atoms with E-state index in [-0.39, 0.29) is 5.78 Å². The topological polar surface area (TPSA) is 63.2 Å². The minimum Gasteiger partial charge on any atom is -0.494 e. The van der Waals surface area contributed by atoms with Crippen LogP contribution in [0.1, 0.15) is 41.6 Å². The standard InChI is InChI=1S/C24H32O6Si/c1-26-31(27-2,28-3)30-20-10-5-4-9-19-29-23-16-13-21(14-17-23)15-18-24(25)22-11-7-6-8-12-22/h6-8,11-18H,4-5,9-10,19-20H2,1-3H3/b18-15+. The molecule has 0 unspecified atom stereocenters. The van der Waals surface area contributed by atoms with Gasteiger partial charge in [0, 0.05) is 33.5 Å². The number of ketones is 1. The molecule has 0 spiro atoms. The Hall–Kier alpha value is -2.29. The zero-order valence-corrected chi connectivity index (χ0v) is 19.5. The molecule has 0 aliphatic carbocycles. The average molecular weight is 445 g/mol. The summed E-state index contributed by atoms with van der Waals surface area (Å²) in [6.07, 6.45) is 7.36. The van der Waals surface area contributed by atoms with Gasteiger partial charge in [-0.05, 0) is 43.0 Å². The SMILES string of the molecule is CO[Si](OC)(OC)OCCCCCCOc1ccc(/C=C/C(=O)c2ccccc2)cc1. The highest BCUT2D eigenvalue weighted by Gasteiger charge is 2.41. The van der Waals surface area contributed by atoms with E-state index in [1.165, 1.54) is 21.3 Å². The number of unbranched alkanes of at least 4 members (excludes halogenated alkanes) is 3. The van der Waals surface area contributed by atoms with E-state index in [0.29, 0.717) is 18.8 Å². The van der Waals surface area contributed by atoms with Gasteiger partial charge < -0.3 is 22.4 Å². The number of carbonyl (C=O) groups excluding carboxylic acids is 1. The van der Waals surface area contributed by atoms with Gasteiger partial charge in [-0.25, -0.2) is 0 Å². The van der Waals surface area contributed by atoms with Gasteiger partial charge in [0.05, 0.1) is 6.61 Å². The average Bonchev–Trinajstić information content (AvgIpc) is 2.83. The Balaban J connectivity index is 1.61. The first-order valence-electron chi connectivity index (χ1n) is 10.4. The van der Waals surface area contributed by atoms with E-state index < -0.39 is 9.05 Å². The fourth-order valence-electron chi connectivity index (χ4n) is 2.92. The number of rotatable bonds is 15. The second-order valence-corrected chi connectivity index (χ2v) is 9.37. The molecule has 0 aliphatic heterocycles. The third-order valence-electron chi connectivity index (χ3n) is 4.70. The number of hydrogen-bond acceptors (Lipinski definition) is 6. The predicted molar refractivity (Wildman–Crippen MR) is 123 cm³/mol. The lowest BCUT2D eigenvalue weighted by molar-refractivity contribution is 0.00500. The summed E-state index contributed by atoms with van der Waals surface area (Å²) >= 11 is 0. The van der Waals surface area contributed by atoms with Gasteiger partial charge in [-0.3, -0.25) is 4.79 Å². The minimum atomic E-state index is -2.92. The van der Waals surface area contributed by atoms with E-state index in [9.17, 15) is 4.79 Å². The molecular formula is C24H32O6Si. The van der Waals surface area contributed by atoms with Crippen LogP contribution in [-0.2, 0) is 17.7 Å². The van der Waals surface area contributed by atoms with E-state index in [1.807, 2.05) is 60.7 Å². The van der Waals surface area contributed by atoms with Crippen molar-refractivity contribution in [2.45, 2.75) is 25.7 Å². The lowest BCUT2D eigenvalue weighted by atomic mass is 10.1. The molecule has 0 radical (unpaired) electrons. The lowest BCUT2D eigenvalue weighted by Crippen LogP contribution is -2.46. The molecule has 0 amide bonds. The molecule has 0 saturated heterocycles. The number of allylic oxidation sites excluding steroid dienone is 1. The normalized spacial score (nSPS) is 11.7. The van der Waals surface area contributed by atoms with E-state index in [1.54, 1.807) is 6.08 Å². The van der Waals surface area contributed by atoms with Gasteiger partial charge in [0.2, 0.25) is 0 Å². The molecule has 168 valence electrons. The third-order valence-corrected chi connectivity index (χ3v) is 6.76. The van der Waals surface area contributed by atoms with Crippen molar-refractivity contribution in [2.75, 3.05) is 34.5 Å². The van der Waals surface area contributed by atoms with Gasteiger partial charge >= 0.3 is 9.05 Å². The van der Waals surface area contributed by atoms with Crippen molar-refractivity contribution in [2.24, 2.45) is 0 Å². The van der Waals surface area contributed by atoms with Crippen LogP contribution in [-0.4, -0.2) is 49.4 Å². The Morgan fingerprint density at radius 2 is 1.42 bits per heavy atom. The van der Waals surface area contributed by atoms with Gasteiger partial charge in [-0.2, -0.15) is 0 Å². The van der Waals surface area contributed by atoms with E-state index in [0.717, 1.165) is 37.0 Å². The molecule has 0 N–H and O–H groups in total. The van der Waals surface area contributed by atoms with Crippen LogP contribution in [0.3, 0.4) is 0 Å². The van der Waals surface area contributed by atoms with Crippen LogP contribution >= 0.6 is 0 Å². The summed E-state index contributed by atoms with van der Waals surface area (Å²) in [6, 6.07) is 17.0. The van der Waals surface area contributed by atoms with Crippen molar-refractivity contribution in [1.29, 1.82) is 0 Å². The third kappa shape index (κ3) is 8.76. The maximum absolute atomic E-state index is 12.1. The number of ether oxygens (including phenoxy) is 1. The van der Waals surface area contributed by atoms with Gasteiger partial charge in [-0.1, -0.05) is 55.0 Å². The highest BCUT2D eigenvalue weighted by Crippen LogP contribution is 2.15. The van der Waals surface area contributed by atoms with Crippen LogP contribution in [0.15, 0.2) is 60.7 Å². The molecular weight excluding hydrogens is 412 g/mol. The number of benzene rings is 2. The Labute approximate surface area is 186 Å². The maximum Gasteiger partial charge on any atom is 0.678 e. The molecule has 0 saturated carbocycles. The van der Waals surface area contributed by atoms with Crippen molar-refractivity contribution >= 4 is 20.9 Å². The summed E-state index contributed by atoms with van der Waals surface area (Å²) in [7, 11) is 1.67. The van der Waals surface area contributed by atoms with Crippen LogP contribution in [0, 0.1) is 0 Å². The molecule has 0 bridgehead atoms. The molecule has 31 heavy (non-hydrogen) atoms. The smallest absolute Gasteiger partial charge is 0.494 e. The number of hydrogen-bond donors (Lipinski definition) is 0. The van der Waals surface area contributed by atoms with Crippen molar-refractivity contribution in [3.8, 4) is 5.75 Å². The van der Waals surface area contributed by atoms with Crippen molar-refractivity contribution in [3.05, 3.63) is 71.8 Å². The molecule has 2 aromatic carbocycles. The van der Waals surface area contributed by atoms with Crippen molar-refractivity contribution in [1.82, 2.24) is 0 Å². The molecule has 0 aromatic heterocycles. The van der Waals surface area contributed by atoms with Gasteiger partial charge in [-0.15, -0.1) is 0 Å². The summed E-state index contributed by atoms with van der Waals surface area (Å²) in [4.78, 5) is 12.1. The summed E-state index contributed by atoms with van der Waals surface area (Å²) in [6.45, 7) is 1.21. The van der Waals surface area contributed by atoms with E-state index in [2.05, 4.69) is 0 Å². The Bertz CT molecular complexity index is 779. The van der Waals surface area contributed by atoms with E-state index in [4.69, 9.17) is 22.4 Å². The molecule has 2 aromatic rings. The van der Waals surface area contributed by atoms with Crippen LogP contribution in [0.5, 0.6) is 5.75 Å². The highest BCUT2D eigenvalue weighted by atomic mass is 28.4. The summed E-state index contributed by atoms with van der Waals surface area (Å²) in [5.41, 5.74) is 1.64. The first-order chi connectivity index (χ1) is 15.1. The summed E-state index contributed by atoms with van der Waals surface area (Å²) in [5, 5.41) is 0. The molecule has 7 heteroatoms. The van der Waals surface area contributed by atoms with Gasteiger partial charge in [0.15, 0.2) is 5.78 Å². The van der Waals surface area contributed by atoms with Crippen LogP contribution in [0.2, 0.25) is 0 Å². The fourth-order valence-corrected chi connectivity index (χ4v) is 4.17. The first-order valence-corrected chi connectivity index (χ1v) is 12.1. The monoisotopic (exact) mass is 444 g/mol. The zero-order chi connectivity index (χ0) is 22.4. The first kappa shape index (κ1) is 25.0. The fraction of sp³-hybridized carbons (Fsp3) is 0.375. The van der Waals surface area contributed by atoms with E-state index >= 15 is 0 Å². The Morgan fingerprint density at radius 1 is 0.806 bits per heavy atom. The Morgan fingerprint density at radius 3 is 2.03 bits per heavy atom.